The lowest BCUT2D eigenvalue weighted by molar-refractivity contribution is -0.116. The van der Waals surface area contributed by atoms with Gasteiger partial charge in [-0.2, -0.15) is 0 Å². The fraction of sp³-hybridized carbons (Fsp3) is 0.316. The maximum Gasteiger partial charge on any atom is 0.226 e. The van der Waals surface area contributed by atoms with Crippen LogP contribution in [0.15, 0.2) is 42.5 Å². The van der Waals surface area contributed by atoms with Crippen LogP contribution in [0.3, 0.4) is 0 Å². The zero-order chi connectivity index (χ0) is 18.7. The highest BCUT2D eigenvalue weighted by Gasteiger charge is 2.20. The van der Waals surface area contributed by atoms with Crippen LogP contribution >= 0.6 is 0 Å². The molecule has 0 spiro atoms. The maximum atomic E-state index is 11.9. The molecule has 2 aromatic carbocycles. The van der Waals surface area contributed by atoms with E-state index in [1.165, 1.54) is 6.26 Å². The van der Waals surface area contributed by atoms with Crippen molar-refractivity contribution in [2.75, 3.05) is 34.5 Å². The number of hydrogen-bond donors (Lipinski definition) is 3. The standard InChI is InChI=1S/C19H23N3O3S/c1-13-12-18(23)22-17-5-3-4-16(19(17)21-13)14-6-8-15(9-7-14)20-10-11-26(2,24)25/h3-9,13,20-21H,10-12H2,1-2H3,(H,22,23)/t13-/m1/s1. The number of anilines is 3. The molecular formula is C19H23N3O3S. The second kappa shape index (κ2) is 7.37. The quantitative estimate of drug-likeness (QED) is 0.750. The van der Waals surface area contributed by atoms with Crippen molar-refractivity contribution in [2.45, 2.75) is 19.4 Å². The van der Waals surface area contributed by atoms with Gasteiger partial charge in [0.05, 0.1) is 17.1 Å². The first-order valence-corrected chi connectivity index (χ1v) is 10.6. The molecule has 138 valence electrons. The Hall–Kier alpha value is -2.54. The van der Waals surface area contributed by atoms with Crippen LogP contribution in [0.4, 0.5) is 17.1 Å². The summed E-state index contributed by atoms with van der Waals surface area (Å²) >= 11 is 0. The third kappa shape index (κ3) is 4.54. The topological polar surface area (TPSA) is 87.3 Å². The number of sulfone groups is 1. The fourth-order valence-electron chi connectivity index (χ4n) is 2.98. The average Bonchev–Trinajstić information content (AvgIpc) is 2.70. The van der Waals surface area contributed by atoms with E-state index >= 15 is 0 Å². The summed E-state index contributed by atoms with van der Waals surface area (Å²) < 4.78 is 22.4. The van der Waals surface area contributed by atoms with Gasteiger partial charge in [0.2, 0.25) is 5.91 Å². The minimum Gasteiger partial charge on any atom is -0.384 e. The lowest BCUT2D eigenvalue weighted by Crippen LogP contribution is -2.19. The minimum absolute atomic E-state index is 0.00586. The normalized spacial score (nSPS) is 16.8. The number of hydrogen-bond acceptors (Lipinski definition) is 5. The Morgan fingerprint density at radius 3 is 2.58 bits per heavy atom. The molecule has 7 heteroatoms. The number of nitrogens with one attached hydrogen (secondary N) is 3. The molecule has 2 aromatic rings. The molecule has 6 nitrogen and oxygen atoms in total. The summed E-state index contributed by atoms with van der Waals surface area (Å²) in [6.45, 7) is 2.37. The summed E-state index contributed by atoms with van der Waals surface area (Å²) in [6.07, 6.45) is 1.66. The molecule has 1 amide bonds. The molecule has 0 radical (unpaired) electrons. The van der Waals surface area contributed by atoms with E-state index < -0.39 is 9.84 Å². The molecule has 0 fully saturated rings. The van der Waals surface area contributed by atoms with Crippen LogP contribution in [0.5, 0.6) is 0 Å². The van der Waals surface area contributed by atoms with Crippen molar-refractivity contribution >= 4 is 32.8 Å². The highest BCUT2D eigenvalue weighted by molar-refractivity contribution is 7.90. The van der Waals surface area contributed by atoms with E-state index in [4.69, 9.17) is 0 Å². The molecular weight excluding hydrogens is 350 g/mol. The van der Waals surface area contributed by atoms with E-state index in [-0.39, 0.29) is 17.7 Å². The van der Waals surface area contributed by atoms with Crippen molar-refractivity contribution < 1.29 is 13.2 Å². The van der Waals surface area contributed by atoms with Crippen LogP contribution < -0.4 is 16.0 Å². The molecule has 0 saturated carbocycles. The summed E-state index contributed by atoms with van der Waals surface area (Å²) in [5, 5.41) is 9.48. The lowest BCUT2D eigenvalue weighted by Gasteiger charge is -2.17. The molecule has 3 N–H and O–H groups in total. The Labute approximate surface area is 153 Å². The first-order chi connectivity index (χ1) is 12.3. The van der Waals surface area contributed by atoms with Crippen LogP contribution in [0.1, 0.15) is 13.3 Å². The molecule has 0 aromatic heterocycles. The molecule has 0 aliphatic carbocycles. The van der Waals surface area contributed by atoms with Crippen molar-refractivity contribution in [2.24, 2.45) is 0 Å². The first kappa shape index (κ1) is 18.3. The number of carbonyl (C=O) groups excluding carboxylic acids is 1. The van der Waals surface area contributed by atoms with Crippen LogP contribution in [0.2, 0.25) is 0 Å². The Morgan fingerprint density at radius 2 is 1.88 bits per heavy atom. The molecule has 0 unspecified atom stereocenters. The zero-order valence-electron chi connectivity index (χ0n) is 14.9. The van der Waals surface area contributed by atoms with Gasteiger partial charge in [0, 0.05) is 36.5 Å². The summed E-state index contributed by atoms with van der Waals surface area (Å²) in [6, 6.07) is 13.7. The van der Waals surface area contributed by atoms with E-state index in [0.717, 1.165) is 28.2 Å². The van der Waals surface area contributed by atoms with Gasteiger partial charge in [-0.3, -0.25) is 4.79 Å². The van der Waals surface area contributed by atoms with Crippen molar-refractivity contribution in [1.82, 2.24) is 0 Å². The van der Waals surface area contributed by atoms with E-state index in [9.17, 15) is 13.2 Å². The van der Waals surface area contributed by atoms with Crippen molar-refractivity contribution in [1.29, 1.82) is 0 Å². The van der Waals surface area contributed by atoms with E-state index in [2.05, 4.69) is 16.0 Å². The summed E-state index contributed by atoms with van der Waals surface area (Å²) in [4.78, 5) is 11.9. The van der Waals surface area contributed by atoms with Gasteiger partial charge >= 0.3 is 0 Å². The van der Waals surface area contributed by atoms with E-state index in [1.807, 2.05) is 49.4 Å². The van der Waals surface area contributed by atoms with Gasteiger partial charge in [0.15, 0.2) is 0 Å². The maximum absolute atomic E-state index is 11.9. The van der Waals surface area contributed by atoms with Gasteiger partial charge in [-0.15, -0.1) is 0 Å². The number of para-hydroxylation sites is 1. The van der Waals surface area contributed by atoms with Crippen molar-refractivity contribution in [3.63, 3.8) is 0 Å². The van der Waals surface area contributed by atoms with Gasteiger partial charge in [0.25, 0.3) is 0 Å². The number of amides is 1. The third-order valence-corrected chi connectivity index (χ3v) is 5.16. The van der Waals surface area contributed by atoms with Crippen LogP contribution in [-0.2, 0) is 14.6 Å². The zero-order valence-corrected chi connectivity index (χ0v) is 15.7. The summed E-state index contributed by atoms with van der Waals surface area (Å²) in [5.41, 5.74) is 4.61. The monoisotopic (exact) mass is 373 g/mol. The van der Waals surface area contributed by atoms with Crippen molar-refractivity contribution in [3.05, 3.63) is 42.5 Å². The third-order valence-electron chi connectivity index (χ3n) is 4.22. The number of rotatable bonds is 5. The SMILES string of the molecule is C[C@@H]1CC(=O)Nc2cccc(-c3ccc(NCCS(C)(=O)=O)cc3)c2N1. The summed E-state index contributed by atoms with van der Waals surface area (Å²) in [7, 11) is -2.97. The molecule has 1 aliphatic heterocycles. The predicted molar refractivity (Wildman–Crippen MR) is 106 cm³/mol. The van der Waals surface area contributed by atoms with Gasteiger partial charge in [-0.1, -0.05) is 24.3 Å². The van der Waals surface area contributed by atoms with Crippen LogP contribution in [0, 0.1) is 0 Å². The Bertz CT molecular complexity index is 908. The van der Waals surface area contributed by atoms with Crippen LogP contribution in [0.25, 0.3) is 11.1 Å². The Kier molecular flexibility index (Phi) is 5.18. The molecule has 3 rings (SSSR count). The van der Waals surface area contributed by atoms with Gasteiger partial charge in [-0.25, -0.2) is 8.42 Å². The minimum atomic E-state index is -2.97. The Morgan fingerprint density at radius 1 is 1.15 bits per heavy atom. The molecule has 0 saturated heterocycles. The number of fused-ring (bicyclic) bond motifs is 1. The van der Waals surface area contributed by atoms with Crippen molar-refractivity contribution in [3.8, 4) is 11.1 Å². The second-order valence-electron chi connectivity index (χ2n) is 6.66. The van der Waals surface area contributed by atoms with Gasteiger partial charge in [0.1, 0.15) is 9.84 Å². The van der Waals surface area contributed by atoms with Gasteiger partial charge in [-0.05, 0) is 30.7 Å². The Balaban J connectivity index is 1.82. The molecule has 26 heavy (non-hydrogen) atoms. The highest BCUT2D eigenvalue weighted by Crippen LogP contribution is 2.36. The largest absolute Gasteiger partial charge is 0.384 e. The van der Waals surface area contributed by atoms with E-state index in [1.54, 1.807) is 0 Å². The lowest BCUT2D eigenvalue weighted by atomic mass is 10.0. The molecule has 0 bridgehead atoms. The van der Waals surface area contributed by atoms with Crippen LogP contribution in [-0.4, -0.2) is 38.9 Å². The highest BCUT2D eigenvalue weighted by atomic mass is 32.2. The van der Waals surface area contributed by atoms with Gasteiger partial charge < -0.3 is 16.0 Å². The second-order valence-corrected chi connectivity index (χ2v) is 8.92. The predicted octanol–water partition coefficient (Wildman–Crippen LogP) is 2.95. The molecule has 1 heterocycles. The molecule has 1 aliphatic rings. The smallest absolute Gasteiger partial charge is 0.226 e. The number of carbonyl (C=O) groups is 1. The number of benzene rings is 2. The van der Waals surface area contributed by atoms with E-state index in [0.29, 0.717) is 13.0 Å². The first-order valence-electron chi connectivity index (χ1n) is 8.53. The average molecular weight is 373 g/mol. The summed E-state index contributed by atoms with van der Waals surface area (Å²) in [5.74, 6) is 0.106. The molecule has 1 atom stereocenters. The fourth-order valence-corrected chi connectivity index (χ4v) is 3.45.